The lowest BCUT2D eigenvalue weighted by Gasteiger charge is -2.19. The zero-order chi connectivity index (χ0) is 13.4. The Bertz CT molecular complexity index is 620. The molecule has 0 amide bonds. The van der Waals surface area contributed by atoms with Gasteiger partial charge in [-0.1, -0.05) is 27.5 Å². The summed E-state index contributed by atoms with van der Waals surface area (Å²) < 4.78 is 0.924. The number of nitrogens with zero attached hydrogens (tertiary/aromatic N) is 1. The Balaban J connectivity index is 2.03. The molecule has 0 spiro atoms. The summed E-state index contributed by atoms with van der Waals surface area (Å²) in [4.78, 5) is 4.32. The minimum Gasteiger partial charge on any atom is -0.391 e. The lowest BCUT2D eigenvalue weighted by molar-refractivity contribution is 0.172. The number of hydrogen-bond donors (Lipinski definition) is 2. The molecule has 1 aliphatic carbocycles. The van der Waals surface area contributed by atoms with Gasteiger partial charge in [-0.15, -0.1) is 0 Å². The van der Waals surface area contributed by atoms with Crippen molar-refractivity contribution in [3.8, 4) is 0 Å². The summed E-state index contributed by atoms with van der Waals surface area (Å²) >= 11 is 9.66. The molecule has 1 heterocycles. The smallest absolute Gasteiger partial charge is 0.0909 e. The minimum absolute atomic E-state index is 0.114. The van der Waals surface area contributed by atoms with Crippen molar-refractivity contribution < 1.29 is 5.11 Å². The predicted molar refractivity (Wildman–Crippen MR) is 81.7 cm³/mol. The second kappa shape index (κ2) is 5.27. The highest BCUT2D eigenvalue weighted by Gasteiger charge is 2.25. The topological polar surface area (TPSA) is 45.1 Å². The van der Waals surface area contributed by atoms with E-state index in [-0.39, 0.29) is 12.1 Å². The molecule has 2 unspecified atom stereocenters. The number of hydrogen-bond acceptors (Lipinski definition) is 3. The third-order valence-corrected chi connectivity index (χ3v) is 4.33. The molecule has 0 radical (unpaired) electrons. The molecule has 0 bridgehead atoms. The summed E-state index contributed by atoms with van der Waals surface area (Å²) in [5.74, 6) is 0. The van der Waals surface area contributed by atoms with Gasteiger partial charge in [0.15, 0.2) is 0 Å². The van der Waals surface area contributed by atoms with Gasteiger partial charge in [-0.25, -0.2) is 0 Å². The fraction of sp³-hybridized carbons (Fsp3) is 0.357. The number of aliphatic hydroxyl groups is 1. The summed E-state index contributed by atoms with van der Waals surface area (Å²) in [6.45, 7) is 0. The summed E-state index contributed by atoms with van der Waals surface area (Å²) in [7, 11) is 0. The number of rotatable bonds is 2. The number of nitrogens with one attached hydrogen (secondary N) is 1. The van der Waals surface area contributed by atoms with E-state index in [0.717, 1.165) is 40.3 Å². The van der Waals surface area contributed by atoms with Crippen molar-refractivity contribution in [2.24, 2.45) is 0 Å². The van der Waals surface area contributed by atoms with E-state index in [1.165, 1.54) is 0 Å². The molecule has 1 aromatic heterocycles. The van der Waals surface area contributed by atoms with Crippen LogP contribution in [0.4, 0.5) is 5.69 Å². The molecule has 3 nitrogen and oxygen atoms in total. The van der Waals surface area contributed by atoms with Gasteiger partial charge in [-0.2, -0.15) is 0 Å². The van der Waals surface area contributed by atoms with Crippen molar-refractivity contribution in [2.75, 3.05) is 5.32 Å². The van der Waals surface area contributed by atoms with Gasteiger partial charge in [0.2, 0.25) is 0 Å². The van der Waals surface area contributed by atoms with Crippen LogP contribution in [0.25, 0.3) is 10.9 Å². The molecule has 2 N–H and O–H groups in total. The van der Waals surface area contributed by atoms with Crippen molar-refractivity contribution in [2.45, 2.75) is 31.4 Å². The minimum atomic E-state index is -0.272. The van der Waals surface area contributed by atoms with Gasteiger partial charge < -0.3 is 10.4 Å². The maximum absolute atomic E-state index is 9.92. The zero-order valence-corrected chi connectivity index (χ0v) is 12.6. The Morgan fingerprint density at radius 1 is 1.37 bits per heavy atom. The first kappa shape index (κ1) is 13.2. The number of fused-ring (bicyclic) bond motifs is 1. The van der Waals surface area contributed by atoms with E-state index in [9.17, 15) is 5.11 Å². The van der Waals surface area contributed by atoms with Gasteiger partial charge in [-0.3, -0.25) is 4.98 Å². The average molecular weight is 342 g/mol. The van der Waals surface area contributed by atoms with Crippen LogP contribution in [0.1, 0.15) is 19.3 Å². The Hall–Kier alpha value is -0.840. The number of benzene rings is 1. The first-order valence-electron chi connectivity index (χ1n) is 6.33. The molecular formula is C14H14BrClN2O. The molecule has 19 heavy (non-hydrogen) atoms. The number of anilines is 1. The van der Waals surface area contributed by atoms with Crippen LogP contribution < -0.4 is 5.32 Å². The fourth-order valence-corrected chi connectivity index (χ4v) is 3.47. The van der Waals surface area contributed by atoms with E-state index in [1.807, 2.05) is 18.2 Å². The van der Waals surface area contributed by atoms with Crippen LogP contribution in [0.15, 0.2) is 28.9 Å². The van der Waals surface area contributed by atoms with Gasteiger partial charge in [0.1, 0.15) is 0 Å². The predicted octanol–water partition coefficient (Wildman–Crippen LogP) is 3.98. The first-order valence-corrected chi connectivity index (χ1v) is 7.50. The highest BCUT2D eigenvalue weighted by molar-refractivity contribution is 9.10. The van der Waals surface area contributed by atoms with Crippen LogP contribution in [-0.2, 0) is 0 Å². The molecular weight excluding hydrogens is 328 g/mol. The maximum Gasteiger partial charge on any atom is 0.0909 e. The lowest BCUT2D eigenvalue weighted by Crippen LogP contribution is -2.27. The number of pyridine rings is 1. The molecule has 1 aromatic carbocycles. The number of halogens is 2. The summed E-state index contributed by atoms with van der Waals surface area (Å²) in [5.41, 5.74) is 1.75. The normalized spacial score (nSPS) is 22.9. The van der Waals surface area contributed by atoms with Crippen molar-refractivity contribution in [3.05, 3.63) is 33.9 Å². The van der Waals surface area contributed by atoms with Gasteiger partial charge in [0.05, 0.1) is 22.7 Å². The second-order valence-electron chi connectivity index (χ2n) is 4.89. The van der Waals surface area contributed by atoms with E-state index in [4.69, 9.17) is 11.6 Å². The van der Waals surface area contributed by atoms with Crippen LogP contribution in [0.3, 0.4) is 0 Å². The van der Waals surface area contributed by atoms with Crippen LogP contribution in [-0.4, -0.2) is 22.2 Å². The number of aliphatic hydroxyl groups excluding tert-OH is 1. The molecule has 100 valence electrons. The first-order chi connectivity index (χ1) is 9.15. The van der Waals surface area contributed by atoms with Crippen LogP contribution in [0.5, 0.6) is 0 Å². The van der Waals surface area contributed by atoms with Crippen molar-refractivity contribution >= 4 is 44.1 Å². The molecule has 0 saturated heterocycles. The standard InChI is InChI=1S/C14H14BrClN2O/c15-8-6-9-11(18-12-2-1-3-13(12)19)4-5-17-14(9)10(16)7-8/h4-7,12-13,19H,1-3H2,(H,17,18). The summed E-state index contributed by atoms with van der Waals surface area (Å²) in [6.07, 6.45) is 4.39. The van der Waals surface area contributed by atoms with E-state index in [0.29, 0.717) is 5.02 Å². The average Bonchev–Trinajstić information content (AvgIpc) is 2.76. The van der Waals surface area contributed by atoms with Crippen LogP contribution in [0, 0.1) is 0 Å². The quantitative estimate of drug-likeness (QED) is 0.868. The van der Waals surface area contributed by atoms with Gasteiger partial charge in [0.25, 0.3) is 0 Å². The highest BCUT2D eigenvalue weighted by atomic mass is 79.9. The summed E-state index contributed by atoms with van der Waals surface area (Å²) in [6, 6.07) is 5.88. The van der Waals surface area contributed by atoms with E-state index in [2.05, 4.69) is 26.2 Å². The Labute approximate surface area is 125 Å². The van der Waals surface area contributed by atoms with Crippen LogP contribution >= 0.6 is 27.5 Å². The van der Waals surface area contributed by atoms with Gasteiger partial charge >= 0.3 is 0 Å². The Kier molecular flexibility index (Phi) is 3.65. The fourth-order valence-electron chi connectivity index (χ4n) is 2.61. The number of aromatic nitrogens is 1. The second-order valence-corrected chi connectivity index (χ2v) is 6.21. The van der Waals surface area contributed by atoms with E-state index >= 15 is 0 Å². The van der Waals surface area contributed by atoms with Crippen molar-refractivity contribution in [3.63, 3.8) is 0 Å². The van der Waals surface area contributed by atoms with E-state index in [1.54, 1.807) is 6.20 Å². The molecule has 1 saturated carbocycles. The molecule has 3 rings (SSSR count). The van der Waals surface area contributed by atoms with Crippen molar-refractivity contribution in [1.82, 2.24) is 4.98 Å². The van der Waals surface area contributed by atoms with Gasteiger partial charge in [-0.05, 0) is 37.5 Å². The SMILES string of the molecule is OC1CCCC1Nc1ccnc2c(Cl)cc(Br)cc12. The molecule has 5 heteroatoms. The lowest BCUT2D eigenvalue weighted by atomic mass is 10.1. The highest BCUT2D eigenvalue weighted by Crippen LogP contribution is 2.32. The Morgan fingerprint density at radius 2 is 2.21 bits per heavy atom. The molecule has 2 aromatic rings. The third kappa shape index (κ3) is 2.57. The van der Waals surface area contributed by atoms with Crippen LogP contribution in [0.2, 0.25) is 5.02 Å². The van der Waals surface area contributed by atoms with Gasteiger partial charge in [0, 0.05) is 21.7 Å². The largest absolute Gasteiger partial charge is 0.391 e. The maximum atomic E-state index is 9.92. The monoisotopic (exact) mass is 340 g/mol. The molecule has 1 aliphatic rings. The molecule has 2 atom stereocenters. The van der Waals surface area contributed by atoms with E-state index < -0.39 is 0 Å². The molecule has 0 aliphatic heterocycles. The third-order valence-electron chi connectivity index (χ3n) is 3.58. The Morgan fingerprint density at radius 3 is 2.95 bits per heavy atom. The molecule has 1 fully saturated rings. The van der Waals surface area contributed by atoms with Crippen molar-refractivity contribution in [1.29, 1.82) is 0 Å². The summed E-state index contributed by atoms with van der Waals surface area (Å²) in [5, 5.41) is 14.9. The zero-order valence-electron chi connectivity index (χ0n) is 10.2.